The molecule has 0 spiro atoms. The molecule has 2 aliphatic heterocycles. The molecule has 0 bridgehead atoms. The number of allylic oxidation sites excluding steroid dienone is 2. The molecular weight excluding hydrogens is 312 g/mol. The van der Waals surface area contributed by atoms with Gasteiger partial charge in [0.2, 0.25) is 0 Å². The van der Waals surface area contributed by atoms with Crippen molar-refractivity contribution in [2.45, 2.75) is 59.0 Å². The van der Waals surface area contributed by atoms with Crippen LogP contribution >= 0.6 is 0 Å². The number of nitrogens with zero attached hydrogens (tertiary/aromatic N) is 2. The molecular formula is C21H34N2O2. The quantitative estimate of drug-likeness (QED) is 0.581. The Morgan fingerprint density at radius 1 is 1.20 bits per heavy atom. The molecule has 0 radical (unpaired) electrons. The average Bonchev–Trinajstić information content (AvgIpc) is 2.88. The number of fused-ring (bicyclic) bond motifs is 2. The second kappa shape index (κ2) is 6.70. The van der Waals surface area contributed by atoms with Crippen LogP contribution in [-0.2, 0) is 9.53 Å². The first-order chi connectivity index (χ1) is 12.0. The van der Waals surface area contributed by atoms with Crippen molar-refractivity contribution in [2.75, 3.05) is 39.3 Å². The van der Waals surface area contributed by atoms with Gasteiger partial charge in [0.25, 0.3) is 0 Å². The summed E-state index contributed by atoms with van der Waals surface area (Å²) < 4.78 is 5.91. The van der Waals surface area contributed by atoms with Crippen molar-refractivity contribution in [3.05, 3.63) is 11.1 Å². The molecule has 140 valence electrons. The number of piperazine rings is 1. The number of hydrogen-bond donors (Lipinski definition) is 0. The molecule has 2 aliphatic carbocycles. The van der Waals surface area contributed by atoms with Crippen LogP contribution in [0.15, 0.2) is 11.1 Å². The first kappa shape index (κ1) is 17.5. The van der Waals surface area contributed by atoms with Crippen molar-refractivity contribution >= 4 is 5.97 Å². The van der Waals surface area contributed by atoms with E-state index in [0.29, 0.717) is 5.92 Å². The first-order valence-electron chi connectivity index (χ1n) is 10.3. The summed E-state index contributed by atoms with van der Waals surface area (Å²) in [7, 11) is 0. The van der Waals surface area contributed by atoms with E-state index in [0.717, 1.165) is 52.1 Å². The Balaban J connectivity index is 1.47. The van der Waals surface area contributed by atoms with Crippen molar-refractivity contribution < 1.29 is 9.53 Å². The minimum absolute atomic E-state index is 0.0772. The van der Waals surface area contributed by atoms with E-state index in [1.54, 1.807) is 11.1 Å². The third-order valence-corrected chi connectivity index (χ3v) is 7.55. The molecule has 0 amide bonds. The highest BCUT2D eigenvalue weighted by atomic mass is 16.6. The van der Waals surface area contributed by atoms with Crippen LogP contribution in [0.4, 0.5) is 0 Å². The molecule has 4 rings (SSSR count). The van der Waals surface area contributed by atoms with Crippen LogP contribution in [0, 0.1) is 17.3 Å². The second-order valence-electron chi connectivity index (χ2n) is 9.06. The maximum atomic E-state index is 12.7. The van der Waals surface area contributed by atoms with Gasteiger partial charge in [0.05, 0.1) is 5.92 Å². The summed E-state index contributed by atoms with van der Waals surface area (Å²) in [5, 5.41) is 0. The Morgan fingerprint density at radius 3 is 2.64 bits per heavy atom. The number of carbonyl (C=O) groups excluding carboxylic acids is 1. The fourth-order valence-corrected chi connectivity index (χ4v) is 5.89. The molecule has 25 heavy (non-hydrogen) atoms. The molecule has 1 saturated carbocycles. The molecule has 0 N–H and O–H groups in total. The number of likely N-dealkylation sites (N-methyl/N-ethyl adjacent to an activating group) is 1. The van der Waals surface area contributed by atoms with E-state index in [9.17, 15) is 4.79 Å². The average molecular weight is 347 g/mol. The van der Waals surface area contributed by atoms with E-state index in [-0.39, 0.29) is 23.4 Å². The van der Waals surface area contributed by atoms with Crippen LogP contribution in [0.5, 0.6) is 0 Å². The van der Waals surface area contributed by atoms with E-state index in [1.165, 1.54) is 19.3 Å². The summed E-state index contributed by atoms with van der Waals surface area (Å²) in [4.78, 5) is 17.6. The van der Waals surface area contributed by atoms with Crippen LogP contribution < -0.4 is 0 Å². The lowest BCUT2D eigenvalue weighted by Crippen LogP contribution is -2.49. The lowest BCUT2D eigenvalue weighted by Gasteiger charge is -2.46. The fourth-order valence-electron chi connectivity index (χ4n) is 5.89. The largest absolute Gasteiger partial charge is 0.462 e. The Kier molecular flexibility index (Phi) is 4.70. The Bertz CT molecular complexity index is 564. The van der Waals surface area contributed by atoms with Crippen LogP contribution in [0.2, 0.25) is 0 Å². The van der Waals surface area contributed by atoms with Gasteiger partial charge in [0.15, 0.2) is 0 Å². The maximum absolute atomic E-state index is 12.7. The van der Waals surface area contributed by atoms with Gasteiger partial charge >= 0.3 is 5.97 Å². The lowest BCUT2D eigenvalue weighted by atomic mass is 9.59. The zero-order valence-electron chi connectivity index (χ0n) is 16.2. The SMILES string of the molecule is CCN1CCN(CC2C(=O)OC3CC4(C)CCCC(C)=C4CC32)CC1. The molecule has 0 aromatic heterocycles. The second-order valence-corrected chi connectivity index (χ2v) is 9.06. The van der Waals surface area contributed by atoms with Gasteiger partial charge in [-0.1, -0.05) is 25.0 Å². The summed E-state index contributed by atoms with van der Waals surface area (Å²) in [6.07, 6.45) is 6.12. The zero-order chi connectivity index (χ0) is 17.6. The predicted molar refractivity (Wildman–Crippen MR) is 99.3 cm³/mol. The smallest absolute Gasteiger partial charge is 0.310 e. The molecule has 4 atom stereocenters. The number of esters is 1. The minimum Gasteiger partial charge on any atom is -0.462 e. The van der Waals surface area contributed by atoms with E-state index in [1.807, 2.05) is 0 Å². The van der Waals surface area contributed by atoms with Crippen molar-refractivity contribution in [3.63, 3.8) is 0 Å². The maximum Gasteiger partial charge on any atom is 0.310 e. The monoisotopic (exact) mass is 346 g/mol. The van der Waals surface area contributed by atoms with Crippen LogP contribution in [-0.4, -0.2) is 61.1 Å². The highest BCUT2D eigenvalue weighted by Crippen LogP contribution is 2.55. The molecule has 2 saturated heterocycles. The number of rotatable bonds is 3. The topological polar surface area (TPSA) is 32.8 Å². The van der Waals surface area contributed by atoms with Crippen molar-refractivity contribution in [1.82, 2.24) is 9.80 Å². The summed E-state index contributed by atoms with van der Waals surface area (Å²) in [6, 6.07) is 0. The van der Waals surface area contributed by atoms with Gasteiger partial charge < -0.3 is 9.64 Å². The highest BCUT2D eigenvalue weighted by molar-refractivity contribution is 5.76. The first-order valence-corrected chi connectivity index (χ1v) is 10.3. The Hall–Kier alpha value is -0.870. The van der Waals surface area contributed by atoms with Crippen molar-refractivity contribution in [1.29, 1.82) is 0 Å². The molecule has 0 aromatic rings. The fraction of sp³-hybridized carbons (Fsp3) is 0.857. The Labute approximate surface area is 152 Å². The molecule has 4 nitrogen and oxygen atoms in total. The summed E-state index contributed by atoms with van der Waals surface area (Å²) in [5.41, 5.74) is 3.55. The van der Waals surface area contributed by atoms with E-state index < -0.39 is 0 Å². The third-order valence-electron chi connectivity index (χ3n) is 7.55. The molecule has 4 heteroatoms. The standard InChI is InChI=1S/C21H34N2O2/c1-4-22-8-10-23(11-9-22)14-17-16-12-18-15(2)6-5-7-21(18,3)13-19(16)25-20(17)24/h16-17,19H,4-14H2,1-3H3. The molecule has 4 aliphatic rings. The van der Waals surface area contributed by atoms with Gasteiger partial charge in [0.1, 0.15) is 6.10 Å². The normalized spacial score (nSPS) is 40.0. The highest BCUT2D eigenvalue weighted by Gasteiger charge is 2.53. The number of hydrogen-bond acceptors (Lipinski definition) is 4. The number of ether oxygens (including phenoxy) is 1. The molecule has 0 aromatic carbocycles. The molecule has 2 heterocycles. The number of carbonyl (C=O) groups is 1. The minimum atomic E-state index is 0.0772. The van der Waals surface area contributed by atoms with Crippen LogP contribution in [0.25, 0.3) is 0 Å². The van der Waals surface area contributed by atoms with Gasteiger partial charge in [-0.3, -0.25) is 9.69 Å². The summed E-state index contributed by atoms with van der Waals surface area (Å²) >= 11 is 0. The van der Waals surface area contributed by atoms with Crippen molar-refractivity contribution in [2.24, 2.45) is 17.3 Å². The predicted octanol–water partition coefficient (Wildman–Crippen LogP) is 3.08. The van der Waals surface area contributed by atoms with Crippen LogP contribution in [0.1, 0.15) is 52.9 Å². The Morgan fingerprint density at radius 2 is 1.92 bits per heavy atom. The van der Waals surface area contributed by atoms with E-state index in [2.05, 4.69) is 30.6 Å². The van der Waals surface area contributed by atoms with Crippen LogP contribution in [0.3, 0.4) is 0 Å². The third kappa shape index (κ3) is 3.16. The van der Waals surface area contributed by atoms with E-state index >= 15 is 0 Å². The van der Waals surface area contributed by atoms with Gasteiger partial charge in [-0.05, 0) is 51.0 Å². The van der Waals surface area contributed by atoms with Gasteiger partial charge in [-0.15, -0.1) is 0 Å². The summed E-state index contributed by atoms with van der Waals surface area (Å²) in [5.74, 6) is 0.575. The summed E-state index contributed by atoms with van der Waals surface area (Å²) in [6.45, 7) is 13.5. The molecule has 3 fully saturated rings. The van der Waals surface area contributed by atoms with Gasteiger partial charge in [0, 0.05) is 38.6 Å². The van der Waals surface area contributed by atoms with Gasteiger partial charge in [-0.2, -0.15) is 0 Å². The lowest BCUT2D eigenvalue weighted by molar-refractivity contribution is -0.145. The van der Waals surface area contributed by atoms with E-state index in [4.69, 9.17) is 4.74 Å². The molecule has 4 unspecified atom stereocenters. The zero-order valence-corrected chi connectivity index (χ0v) is 16.2. The van der Waals surface area contributed by atoms with Gasteiger partial charge in [-0.25, -0.2) is 0 Å². The van der Waals surface area contributed by atoms with Crippen molar-refractivity contribution in [3.8, 4) is 0 Å².